The number of hydrogen-bond donors (Lipinski definition) is 0. The first-order valence-electron chi connectivity index (χ1n) is 4.71. The van der Waals surface area contributed by atoms with Crippen molar-refractivity contribution in [3.63, 3.8) is 0 Å². The van der Waals surface area contributed by atoms with Gasteiger partial charge in [0.1, 0.15) is 0 Å². The Labute approximate surface area is 108 Å². The lowest BCUT2D eigenvalue weighted by atomic mass is 10.3. The maximum atomic E-state index is 10.5. The molecule has 1 atom stereocenters. The zero-order valence-corrected chi connectivity index (χ0v) is 11.0. The monoisotopic (exact) mass is 279 g/mol. The van der Waals surface area contributed by atoms with Crippen LogP contribution in [-0.4, -0.2) is 16.1 Å². The number of non-ortho nitro benzene ring substituents is 1. The molecule has 0 saturated carbocycles. The molecule has 0 aromatic heterocycles. The van der Waals surface area contributed by atoms with E-state index in [-0.39, 0.29) is 5.69 Å². The fourth-order valence-electron chi connectivity index (χ4n) is 1.13. The van der Waals surface area contributed by atoms with Gasteiger partial charge in [-0.2, -0.15) is 0 Å². The van der Waals surface area contributed by atoms with Crippen LogP contribution < -0.4 is 0 Å². The van der Waals surface area contributed by atoms with Crippen LogP contribution in [-0.2, 0) is 0 Å². The average molecular weight is 280 g/mol. The van der Waals surface area contributed by atoms with E-state index in [1.54, 1.807) is 17.8 Å². The summed E-state index contributed by atoms with van der Waals surface area (Å²) < 4.78 is 0. The summed E-state index contributed by atoms with van der Waals surface area (Å²) in [5, 5.41) is 11.3. The molecule has 0 aliphatic carbocycles. The summed E-state index contributed by atoms with van der Waals surface area (Å²) in [6, 6.07) is 4.51. The minimum atomic E-state index is -0.456. The number of nitrogens with zero attached hydrogens (tertiary/aromatic N) is 1. The van der Waals surface area contributed by atoms with Gasteiger partial charge in [-0.05, 0) is 12.5 Å². The largest absolute Gasteiger partial charge is 0.270 e. The van der Waals surface area contributed by atoms with Crippen LogP contribution in [0, 0.1) is 10.1 Å². The Kier molecular flexibility index (Phi) is 5.38. The van der Waals surface area contributed by atoms with E-state index in [9.17, 15) is 10.1 Å². The number of halogens is 2. The zero-order chi connectivity index (χ0) is 12.1. The Morgan fingerprint density at radius 1 is 1.56 bits per heavy atom. The van der Waals surface area contributed by atoms with Crippen LogP contribution in [0.2, 0.25) is 5.02 Å². The first-order valence-corrected chi connectivity index (χ1v) is 6.50. The van der Waals surface area contributed by atoms with Crippen molar-refractivity contribution in [2.24, 2.45) is 0 Å². The van der Waals surface area contributed by atoms with Crippen molar-refractivity contribution in [2.45, 2.75) is 23.5 Å². The Balaban J connectivity index is 2.79. The molecule has 1 unspecified atom stereocenters. The molecule has 0 radical (unpaired) electrons. The van der Waals surface area contributed by atoms with E-state index in [0.717, 1.165) is 11.3 Å². The van der Waals surface area contributed by atoms with Crippen LogP contribution in [0.25, 0.3) is 0 Å². The molecule has 3 nitrogen and oxygen atoms in total. The molecule has 1 aromatic carbocycles. The number of rotatable bonds is 5. The van der Waals surface area contributed by atoms with Gasteiger partial charge in [-0.25, -0.2) is 0 Å². The molecule has 6 heteroatoms. The van der Waals surface area contributed by atoms with Gasteiger partial charge in [-0.3, -0.25) is 10.1 Å². The summed E-state index contributed by atoms with van der Waals surface area (Å²) in [6.07, 6.45) is 0.875. The van der Waals surface area contributed by atoms with Crippen LogP contribution in [0.4, 0.5) is 5.69 Å². The fourth-order valence-corrected chi connectivity index (χ4v) is 2.88. The van der Waals surface area contributed by atoms with Crippen molar-refractivity contribution < 1.29 is 4.92 Å². The summed E-state index contributed by atoms with van der Waals surface area (Å²) in [5.74, 6) is 0.596. The van der Waals surface area contributed by atoms with E-state index in [1.807, 2.05) is 6.92 Å². The van der Waals surface area contributed by atoms with Gasteiger partial charge in [0.15, 0.2) is 0 Å². The number of nitro benzene ring substituents is 1. The molecule has 0 aliphatic heterocycles. The van der Waals surface area contributed by atoms with Crippen molar-refractivity contribution in [1.82, 2.24) is 0 Å². The topological polar surface area (TPSA) is 43.1 Å². The summed E-state index contributed by atoms with van der Waals surface area (Å²) >= 11 is 13.2. The van der Waals surface area contributed by atoms with E-state index >= 15 is 0 Å². The van der Waals surface area contributed by atoms with Gasteiger partial charge in [0.2, 0.25) is 0 Å². The predicted octanol–water partition coefficient (Wildman–Crippen LogP) is 4.36. The second-order valence-electron chi connectivity index (χ2n) is 3.28. The van der Waals surface area contributed by atoms with Crippen molar-refractivity contribution in [3.8, 4) is 0 Å². The van der Waals surface area contributed by atoms with Crippen molar-refractivity contribution in [1.29, 1.82) is 0 Å². The number of alkyl halides is 1. The highest BCUT2D eigenvalue weighted by Crippen LogP contribution is 2.33. The van der Waals surface area contributed by atoms with Crippen LogP contribution in [0.3, 0.4) is 0 Å². The number of hydrogen-bond acceptors (Lipinski definition) is 3. The first-order chi connectivity index (χ1) is 7.54. The van der Waals surface area contributed by atoms with Crippen molar-refractivity contribution in [3.05, 3.63) is 33.3 Å². The van der Waals surface area contributed by atoms with Gasteiger partial charge in [0, 0.05) is 28.2 Å². The summed E-state index contributed by atoms with van der Waals surface area (Å²) in [7, 11) is 0. The standard InChI is InChI=1S/C10H11Cl2NO2S/c1-7(4-5-11)16-10-3-2-8(13(14)15)6-9(10)12/h2-3,6-7H,4-5H2,1H3. The summed E-state index contributed by atoms with van der Waals surface area (Å²) in [6.45, 7) is 2.05. The molecule has 0 aliphatic rings. The van der Waals surface area contributed by atoms with Crippen molar-refractivity contribution in [2.75, 3.05) is 5.88 Å². The third kappa shape index (κ3) is 3.85. The molecule has 0 N–H and O–H groups in total. The van der Waals surface area contributed by atoms with Gasteiger partial charge in [-0.15, -0.1) is 23.4 Å². The smallest absolute Gasteiger partial charge is 0.258 e. The molecule has 0 fully saturated rings. The highest BCUT2D eigenvalue weighted by atomic mass is 35.5. The van der Waals surface area contributed by atoms with Gasteiger partial charge in [-0.1, -0.05) is 18.5 Å². The van der Waals surface area contributed by atoms with Crippen LogP contribution in [0.5, 0.6) is 0 Å². The Hall–Kier alpha value is -0.450. The third-order valence-electron chi connectivity index (χ3n) is 1.97. The molecular weight excluding hydrogens is 269 g/mol. The second kappa shape index (κ2) is 6.33. The van der Waals surface area contributed by atoms with Gasteiger partial charge < -0.3 is 0 Å². The maximum Gasteiger partial charge on any atom is 0.270 e. The molecule has 16 heavy (non-hydrogen) atoms. The molecule has 0 bridgehead atoms. The van der Waals surface area contributed by atoms with Gasteiger partial charge in [0.05, 0.1) is 9.95 Å². The van der Waals surface area contributed by atoms with Gasteiger partial charge >= 0.3 is 0 Å². The lowest BCUT2D eigenvalue weighted by Crippen LogP contribution is -1.97. The predicted molar refractivity (Wildman–Crippen MR) is 68.8 cm³/mol. The normalized spacial score (nSPS) is 12.4. The molecule has 88 valence electrons. The third-order valence-corrected chi connectivity index (χ3v) is 3.86. The second-order valence-corrected chi connectivity index (χ2v) is 5.54. The highest BCUT2D eigenvalue weighted by Gasteiger charge is 2.12. The Bertz CT molecular complexity index is 387. The SMILES string of the molecule is CC(CCCl)Sc1ccc([N+](=O)[O-])cc1Cl. The fraction of sp³-hybridized carbons (Fsp3) is 0.400. The highest BCUT2D eigenvalue weighted by molar-refractivity contribution is 8.00. The van der Waals surface area contributed by atoms with E-state index in [4.69, 9.17) is 23.2 Å². The zero-order valence-electron chi connectivity index (χ0n) is 8.65. The molecule has 0 saturated heterocycles. The lowest BCUT2D eigenvalue weighted by Gasteiger charge is -2.10. The van der Waals surface area contributed by atoms with Crippen LogP contribution >= 0.6 is 35.0 Å². The number of benzene rings is 1. The van der Waals surface area contributed by atoms with Gasteiger partial charge in [0.25, 0.3) is 5.69 Å². The van der Waals surface area contributed by atoms with Crippen molar-refractivity contribution >= 4 is 40.7 Å². The molecule has 0 amide bonds. The molecule has 1 rings (SSSR count). The first kappa shape index (κ1) is 13.6. The number of thioether (sulfide) groups is 1. The maximum absolute atomic E-state index is 10.5. The minimum absolute atomic E-state index is 0.0133. The van der Waals surface area contributed by atoms with E-state index < -0.39 is 4.92 Å². The minimum Gasteiger partial charge on any atom is -0.258 e. The van der Waals surface area contributed by atoms with E-state index in [0.29, 0.717) is 16.2 Å². The molecule has 1 aromatic rings. The van der Waals surface area contributed by atoms with E-state index in [1.165, 1.54) is 12.1 Å². The van der Waals surface area contributed by atoms with E-state index in [2.05, 4.69) is 0 Å². The summed E-state index contributed by atoms with van der Waals surface area (Å²) in [4.78, 5) is 10.9. The number of nitro groups is 1. The van der Waals surface area contributed by atoms with Crippen LogP contribution in [0.1, 0.15) is 13.3 Å². The Morgan fingerprint density at radius 3 is 2.75 bits per heavy atom. The average Bonchev–Trinajstić information content (AvgIpc) is 2.21. The Morgan fingerprint density at radius 2 is 2.25 bits per heavy atom. The molecular formula is C10H11Cl2NO2S. The summed E-state index contributed by atoms with van der Waals surface area (Å²) in [5.41, 5.74) is 0.0133. The quantitative estimate of drug-likeness (QED) is 0.348. The molecule has 0 heterocycles. The molecule has 0 spiro atoms. The van der Waals surface area contributed by atoms with Crippen LogP contribution in [0.15, 0.2) is 23.1 Å². The lowest BCUT2D eigenvalue weighted by molar-refractivity contribution is -0.384.